The molecule has 0 bridgehead atoms. The lowest BCUT2D eigenvalue weighted by Crippen LogP contribution is -2.30. The summed E-state index contributed by atoms with van der Waals surface area (Å²) in [5.74, 6) is -0.0353. The topological polar surface area (TPSA) is 106 Å². The van der Waals surface area contributed by atoms with Gasteiger partial charge >= 0.3 is 10.1 Å². The Morgan fingerprint density at radius 3 is 2.38 bits per heavy atom. The molecule has 40 heavy (non-hydrogen) atoms. The third-order valence-electron chi connectivity index (χ3n) is 5.81. The minimum Gasteiger partial charge on any atom is -0.467 e. The van der Waals surface area contributed by atoms with Crippen molar-refractivity contribution in [1.82, 2.24) is 4.90 Å². The highest BCUT2D eigenvalue weighted by atomic mass is 35.5. The van der Waals surface area contributed by atoms with E-state index in [0.717, 1.165) is 0 Å². The van der Waals surface area contributed by atoms with Crippen LogP contribution >= 0.6 is 23.2 Å². The van der Waals surface area contributed by atoms with Crippen LogP contribution in [0.4, 0.5) is 5.69 Å². The molecule has 0 saturated heterocycles. The van der Waals surface area contributed by atoms with Crippen molar-refractivity contribution in [3.63, 3.8) is 0 Å². The Kier molecular flexibility index (Phi) is 9.52. The molecular weight excluding hydrogens is 575 g/mol. The third kappa shape index (κ3) is 7.44. The summed E-state index contributed by atoms with van der Waals surface area (Å²) in [5, 5.41) is 3.31. The molecule has 11 heteroatoms. The summed E-state index contributed by atoms with van der Waals surface area (Å²) in [4.78, 5) is 26.7. The monoisotopic (exact) mass is 600 g/mol. The molecule has 1 heterocycles. The highest BCUT2D eigenvalue weighted by Crippen LogP contribution is 2.30. The molecule has 0 aliphatic carbocycles. The number of amides is 2. The van der Waals surface area contributed by atoms with Crippen LogP contribution < -0.4 is 9.50 Å². The lowest BCUT2D eigenvalue weighted by molar-refractivity contribution is -0.116. The molecule has 0 aliphatic rings. The number of carbonyl (C=O) groups is 2. The van der Waals surface area contributed by atoms with Gasteiger partial charge in [0.1, 0.15) is 16.4 Å². The third-order valence-corrected chi connectivity index (χ3v) is 7.62. The number of anilines is 1. The SMILES string of the molecule is CCCC(=O)Nc1ccc(S(=O)(=O)Oc2ccc(Cl)cc2CN(Cc2ccco2)C(=O)c2ccccc2Cl)cc1. The predicted molar refractivity (Wildman–Crippen MR) is 153 cm³/mol. The number of nitrogens with zero attached hydrogens (tertiary/aromatic N) is 1. The van der Waals surface area contributed by atoms with Gasteiger partial charge in [-0.05, 0) is 73.2 Å². The minimum atomic E-state index is -4.27. The second-order valence-corrected chi connectivity index (χ2v) is 11.2. The maximum absolute atomic E-state index is 13.5. The van der Waals surface area contributed by atoms with E-state index in [-0.39, 0.29) is 40.2 Å². The molecule has 0 spiro atoms. The first kappa shape index (κ1) is 29.2. The Labute approximate surface area is 242 Å². The summed E-state index contributed by atoms with van der Waals surface area (Å²) in [7, 11) is -4.27. The van der Waals surface area contributed by atoms with Gasteiger partial charge in [-0.25, -0.2) is 0 Å². The molecule has 3 aromatic carbocycles. The first-order valence-electron chi connectivity index (χ1n) is 12.4. The molecule has 4 aromatic rings. The largest absolute Gasteiger partial charge is 0.467 e. The molecule has 0 atom stereocenters. The van der Waals surface area contributed by atoms with Gasteiger partial charge in [0.15, 0.2) is 0 Å². The molecule has 208 valence electrons. The number of carbonyl (C=O) groups excluding carboxylic acids is 2. The van der Waals surface area contributed by atoms with Crippen LogP contribution in [0.2, 0.25) is 10.0 Å². The maximum atomic E-state index is 13.5. The van der Waals surface area contributed by atoms with E-state index in [1.807, 2.05) is 6.92 Å². The number of furan rings is 1. The first-order chi connectivity index (χ1) is 19.2. The van der Waals surface area contributed by atoms with E-state index in [1.165, 1.54) is 53.6 Å². The Morgan fingerprint density at radius 1 is 0.950 bits per heavy atom. The molecule has 1 aromatic heterocycles. The van der Waals surface area contributed by atoms with Gasteiger partial charge in [-0.1, -0.05) is 42.3 Å². The molecule has 2 amide bonds. The molecule has 0 unspecified atom stereocenters. The highest BCUT2D eigenvalue weighted by molar-refractivity contribution is 7.87. The van der Waals surface area contributed by atoms with E-state index < -0.39 is 16.0 Å². The summed E-state index contributed by atoms with van der Waals surface area (Å²) < 4.78 is 37.3. The predicted octanol–water partition coefficient (Wildman–Crippen LogP) is 6.94. The van der Waals surface area contributed by atoms with Crippen molar-refractivity contribution >= 4 is 50.8 Å². The molecule has 0 aliphatic heterocycles. The molecule has 0 radical (unpaired) electrons. The van der Waals surface area contributed by atoms with Gasteiger partial charge in [0.05, 0.1) is 29.9 Å². The number of rotatable bonds is 11. The van der Waals surface area contributed by atoms with Crippen molar-refractivity contribution in [2.45, 2.75) is 37.8 Å². The quantitative estimate of drug-likeness (QED) is 0.187. The Bertz CT molecular complexity index is 1590. The van der Waals surface area contributed by atoms with Gasteiger partial charge in [-0.3, -0.25) is 9.59 Å². The minimum absolute atomic E-state index is 0.00105. The smallest absolute Gasteiger partial charge is 0.339 e. The molecule has 4 rings (SSSR count). The van der Waals surface area contributed by atoms with Crippen LogP contribution in [-0.2, 0) is 28.0 Å². The normalized spacial score (nSPS) is 11.2. The summed E-state index contributed by atoms with van der Waals surface area (Å²) >= 11 is 12.5. The van der Waals surface area contributed by atoms with E-state index >= 15 is 0 Å². The van der Waals surface area contributed by atoms with E-state index in [9.17, 15) is 18.0 Å². The van der Waals surface area contributed by atoms with Crippen LogP contribution in [-0.4, -0.2) is 25.1 Å². The Hall–Kier alpha value is -3.79. The highest BCUT2D eigenvalue weighted by Gasteiger charge is 2.24. The average Bonchev–Trinajstić information content (AvgIpc) is 3.43. The van der Waals surface area contributed by atoms with Crippen molar-refractivity contribution in [1.29, 1.82) is 0 Å². The Morgan fingerprint density at radius 2 is 1.70 bits per heavy atom. The zero-order valence-electron chi connectivity index (χ0n) is 21.5. The van der Waals surface area contributed by atoms with Gasteiger partial charge < -0.3 is 18.8 Å². The maximum Gasteiger partial charge on any atom is 0.339 e. The summed E-state index contributed by atoms with van der Waals surface area (Å²) in [6, 6.07) is 20.2. The lowest BCUT2D eigenvalue weighted by atomic mass is 10.1. The zero-order valence-corrected chi connectivity index (χ0v) is 23.8. The summed E-state index contributed by atoms with van der Waals surface area (Å²) in [6.07, 6.45) is 2.55. The Balaban J connectivity index is 1.61. The summed E-state index contributed by atoms with van der Waals surface area (Å²) in [6.45, 7) is 1.92. The van der Waals surface area contributed by atoms with Crippen molar-refractivity contribution in [2.24, 2.45) is 0 Å². The summed E-state index contributed by atoms with van der Waals surface area (Å²) in [5.41, 5.74) is 1.10. The standard InChI is InChI=1S/C29H26Cl2N2O6S/c1-2-6-28(34)32-22-11-13-24(14-12-22)40(36,37)39-27-15-10-21(30)17-20(27)18-33(19-23-7-5-16-38-23)29(35)25-8-3-4-9-26(25)31/h3-5,7-17H,2,6,18-19H2,1H3,(H,32,34). The van der Waals surface area contributed by atoms with Crippen molar-refractivity contribution in [3.05, 3.63) is 112 Å². The first-order valence-corrected chi connectivity index (χ1v) is 14.5. The number of halogens is 2. The van der Waals surface area contributed by atoms with E-state index in [2.05, 4.69) is 5.32 Å². The molecule has 0 saturated carbocycles. The number of hydrogen-bond donors (Lipinski definition) is 1. The number of benzene rings is 3. The van der Waals surface area contributed by atoms with Crippen LogP contribution in [0.25, 0.3) is 0 Å². The second kappa shape index (κ2) is 13.0. The van der Waals surface area contributed by atoms with Gasteiger partial charge in [-0.2, -0.15) is 8.42 Å². The molecular formula is C29H26Cl2N2O6S. The van der Waals surface area contributed by atoms with Crippen LogP contribution in [0.15, 0.2) is 94.4 Å². The molecule has 8 nitrogen and oxygen atoms in total. The van der Waals surface area contributed by atoms with Crippen LogP contribution in [0.5, 0.6) is 5.75 Å². The van der Waals surface area contributed by atoms with E-state index in [0.29, 0.717) is 34.9 Å². The van der Waals surface area contributed by atoms with E-state index in [4.69, 9.17) is 31.8 Å². The fourth-order valence-corrected chi connectivity index (χ4v) is 5.25. The van der Waals surface area contributed by atoms with Gasteiger partial charge in [0, 0.05) is 22.7 Å². The average molecular weight is 602 g/mol. The van der Waals surface area contributed by atoms with Crippen molar-refractivity contribution in [3.8, 4) is 5.75 Å². The van der Waals surface area contributed by atoms with E-state index in [1.54, 1.807) is 36.4 Å². The van der Waals surface area contributed by atoms with Crippen molar-refractivity contribution in [2.75, 3.05) is 5.32 Å². The molecule has 0 fully saturated rings. The van der Waals surface area contributed by atoms with Crippen LogP contribution in [0.1, 0.15) is 41.4 Å². The number of nitrogens with one attached hydrogen (secondary N) is 1. The van der Waals surface area contributed by atoms with Gasteiger partial charge in [-0.15, -0.1) is 0 Å². The fourth-order valence-electron chi connectivity index (χ4n) is 3.88. The zero-order chi connectivity index (χ0) is 28.7. The second-order valence-electron chi connectivity index (χ2n) is 8.83. The molecule has 1 N–H and O–H groups in total. The van der Waals surface area contributed by atoms with Crippen molar-refractivity contribution < 1.29 is 26.6 Å². The van der Waals surface area contributed by atoms with Gasteiger partial charge in [0.2, 0.25) is 5.91 Å². The fraction of sp³-hybridized carbons (Fsp3) is 0.172. The lowest BCUT2D eigenvalue weighted by Gasteiger charge is -2.24. The number of hydrogen-bond acceptors (Lipinski definition) is 6. The van der Waals surface area contributed by atoms with Crippen LogP contribution in [0.3, 0.4) is 0 Å². The van der Waals surface area contributed by atoms with Gasteiger partial charge in [0.25, 0.3) is 5.91 Å². The van der Waals surface area contributed by atoms with Crippen LogP contribution in [0, 0.1) is 0 Å².